The highest BCUT2D eigenvalue weighted by Gasteiger charge is 2.39. The number of carbonyl (C=O) groups is 2. The first-order valence-corrected chi connectivity index (χ1v) is 14.2. The molecule has 0 bridgehead atoms. The van der Waals surface area contributed by atoms with Gasteiger partial charge >= 0.3 is 12.3 Å². The Bertz CT molecular complexity index is 1820. The fourth-order valence-electron chi connectivity index (χ4n) is 5.87. The van der Waals surface area contributed by atoms with Crippen LogP contribution in [0.4, 0.5) is 33.6 Å². The van der Waals surface area contributed by atoms with Gasteiger partial charge in [0, 0.05) is 49.2 Å². The minimum absolute atomic E-state index is 0.00858. The van der Waals surface area contributed by atoms with E-state index in [-0.39, 0.29) is 51.2 Å². The first kappa shape index (κ1) is 30.5. The molecule has 6 rings (SSSR count). The summed E-state index contributed by atoms with van der Waals surface area (Å²) in [6.07, 6.45) is -3.48. The number of alkyl halides is 5. The van der Waals surface area contributed by atoms with Crippen LogP contribution >= 0.6 is 11.6 Å². The van der Waals surface area contributed by atoms with E-state index in [0.717, 1.165) is 31.2 Å². The summed E-state index contributed by atoms with van der Waals surface area (Å²) in [6.45, 7) is 0.894. The lowest BCUT2D eigenvalue weighted by molar-refractivity contribution is -0.158. The topological polar surface area (TPSA) is 128 Å². The van der Waals surface area contributed by atoms with Crippen LogP contribution in [0.1, 0.15) is 60.3 Å². The van der Waals surface area contributed by atoms with Gasteiger partial charge in [-0.05, 0) is 49.6 Å². The normalized spacial score (nSPS) is 18.7. The largest absolute Gasteiger partial charge is 0.432 e. The van der Waals surface area contributed by atoms with Gasteiger partial charge in [0.25, 0.3) is 5.91 Å². The molecule has 2 aliphatic heterocycles. The van der Waals surface area contributed by atoms with Crippen LogP contribution in [0.2, 0.25) is 5.15 Å². The second-order valence-electron chi connectivity index (χ2n) is 11.0. The maximum Gasteiger partial charge on any atom is 0.416 e. The zero-order valence-electron chi connectivity index (χ0n) is 23.5. The zero-order chi connectivity index (χ0) is 32.3. The molecule has 0 saturated carbocycles. The third-order valence-corrected chi connectivity index (χ3v) is 8.14. The molecule has 5 heterocycles. The van der Waals surface area contributed by atoms with Gasteiger partial charge in [0.15, 0.2) is 0 Å². The lowest BCUT2D eigenvalue weighted by atomic mass is 9.92. The molecule has 2 fully saturated rings. The molecule has 10 nitrogen and oxygen atoms in total. The fraction of sp³-hybridized carbons (Fsp3) is 0.345. The van der Waals surface area contributed by atoms with Crippen molar-refractivity contribution in [2.75, 3.05) is 17.6 Å². The van der Waals surface area contributed by atoms with Crippen LogP contribution in [0.15, 0.2) is 42.7 Å². The molecule has 2 amide bonds. The molecule has 0 unspecified atom stereocenters. The summed E-state index contributed by atoms with van der Waals surface area (Å²) >= 11 is 6.57. The van der Waals surface area contributed by atoms with E-state index in [9.17, 15) is 31.5 Å². The van der Waals surface area contributed by atoms with Crippen molar-refractivity contribution in [1.82, 2.24) is 24.3 Å². The zero-order valence-corrected chi connectivity index (χ0v) is 24.3. The van der Waals surface area contributed by atoms with E-state index in [1.54, 1.807) is 4.40 Å². The van der Waals surface area contributed by atoms with E-state index in [2.05, 4.69) is 15.3 Å². The van der Waals surface area contributed by atoms with Crippen LogP contribution in [0, 0.1) is 0 Å². The van der Waals surface area contributed by atoms with Gasteiger partial charge in [0.05, 0.1) is 11.8 Å². The van der Waals surface area contributed by atoms with Crippen LogP contribution < -0.4 is 15.8 Å². The van der Waals surface area contributed by atoms with E-state index < -0.39 is 35.3 Å². The Morgan fingerprint density at radius 1 is 1.11 bits per heavy atom. The number of carbonyl (C=O) groups excluding carboxylic acids is 2. The van der Waals surface area contributed by atoms with Gasteiger partial charge in [-0.25, -0.2) is 15.0 Å². The highest BCUT2D eigenvalue weighted by atomic mass is 35.5. The van der Waals surface area contributed by atoms with Crippen LogP contribution in [0.25, 0.3) is 16.8 Å². The standard InChI is InChI=1S/C29H25ClF5N7O3/c1-28(31,32)45-19-10-14(27(44)39-21-11-16(8-9-37-21)29(33,34)35)3-6-18(19)23-24-25(36)38-12-20(30)42(24)26(40-23)15-2-4-17-5-7-22(43)41(17)13-15/h3,6,8-12,15,17H,2,4-5,7,13H2,1H3,(H2,36,38)(H,37,39,44)/t15-,17+/m1/s1. The minimum atomic E-state index is -4.67. The number of hydrogen-bond donors (Lipinski definition) is 2. The van der Waals surface area contributed by atoms with Gasteiger partial charge < -0.3 is 20.7 Å². The van der Waals surface area contributed by atoms with Crippen molar-refractivity contribution in [1.29, 1.82) is 0 Å². The summed E-state index contributed by atoms with van der Waals surface area (Å²) in [5.41, 5.74) is 5.35. The Hall–Kier alpha value is -4.53. The number of halogens is 6. The van der Waals surface area contributed by atoms with Crippen molar-refractivity contribution in [3.05, 3.63) is 64.8 Å². The van der Waals surface area contributed by atoms with E-state index >= 15 is 0 Å². The van der Waals surface area contributed by atoms with Gasteiger partial charge in [0.2, 0.25) is 5.91 Å². The number of nitrogen functional groups attached to an aromatic ring is 1. The summed E-state index contributed by atoms with van der Waals surface area (Å²) in [4.78, 5) is 40.0. The average molecular weight is 650 g/mol. The van der Waals surface area contributed by atoms with Crippen molar-refractivity contribution in [3.8, 4) is 17.0 Å². The smallest absolute Gasteiger partial charge is 0.416 e. The summed E-state index contributed by atoms with van der Waals surface area (Å²) in [5.74, 6) is -1.55. The van der Waals surface area contributed by atoms with E-state index in [1.165, 1.54) is 18.3 Å². The molecule has 2 aliphatic rings. The van der Waals surface area contributed by atoms with Gasteiger partial charge in [0.1, 0.15) is 39.6 Å². The fourth-order valence-corrected chi connectivity index (χ4v) is 6.09. The molecule has 4 aromatic rings. The molecule has 3 aromatic heterocycles. The van der Waals surface area contributed by atoms with Crippen molar-refractivity contribution < 1.29 is 36.3 Å². The Kier molecular flexibility index (Phi) is 7.54. The molecule has 45 heavy (non-hydrogen) atoms. The Morgan fingerprint density at radius 2 is 1.89 bits per heavy atom. The Morgan fingerprint density at radius 3 is 2.62 bits per heavy atom. The average Bonchev–Trinajstić information content (AvgIpc) is 3.55. The van der Waals surface area contributed by atoms with Crippen molar-refractivity contribution in [2.45, 2.75) is 56.9 Å². The number of nitrogens with one attached hydrogen (secondary N) is 1. The summed E-state index contributed by atoms with van der Waals surface area (Å²) in [6, 6.07) is 5.13. The molecule has 3 N–H and O–H groups in total. The predicted octanol–water partition coefficient (Wildman–Crippen LogP) is 6.16. The first-order valence-electron chi connectivity index (χ1n) is 13.9. The molecule has 236 valence electrons. The molecule has 0 spiro atoms. The monoisotopic (exact) mass is 649 g/mol. The van der Waals surface area contributed by atoms with Gasteiger partial charge in [-0.3, -0.25) is 14.0 Å². The van der Waals surface area contributed by atoms with Crippen LogP contribution in [0.3, 0.4) is 0 Å². The molecule has 16 heteroatoms. The van der Waals surface area contributed by atoms with Crippen molar-refractivity contribution >= 4 is 40.6 Å². The number of benzene rings is 1. The van der Waals surface area contributed by atoms with E-state index in [0.29, 0.717) is 38.2 Å². The van der Waals surface area contributed by atoms with E-state index in [1.807, 2.05) is 4.90 Å². The number of nitrogens with zero attached hydrogens (tertiary/aromatic N) is 5. The van der Waals surface area contributed by atoms with E-state index in [4.69, 9.17) is 27.1 Å². The summed E-state index contributed by atoms with van der Waals surface area (Å²) < 4.78 is 74.5. The second-order valence-corrected chi connectivity index (χ2v) is 11.4. The highest BCUT2D eigenvalue weighted by molar-refractivity contribution is 6.30. The Labute approximate surface area is 257 Å². The highest BCUT2D eigenvalue weighted by Crippen LogP contribution is 2.42. The molecule has 0 aliphatic carbocycles. The van der Waals surface area contributed by atoms with Gasteiger partial charge in [-0.1, -0.05) is 11.6 Å². The lowest BCUT2D eigenvalue weighted by Crippen LogP contribution is -2.41. The number of amides is 2. The van der Waals surface area contributed by atoms with Crippen LogP contribution in [-0.2, 0) is 11.0 Å². The number of pyridine rings is 1. The summed E-state index contributed by atoms with van der Waals surface area (Å²) in [5, 5.41) is 2.39. The maximum absolute atomic E-state index is 14.3. The van der Waals surface area contributed by atoms with Gasteiger partial charge in [-0.2, -0.15) is 22.0 Å². The number of rotatable bonds is 6. The number of anilines is 2. The van der Waals surface area contributed by atoms with Crippen LogP contribution in [0.5, 0.6) is 5.75 Å². The number of ether oxygens (including phenoxy) is 1. The van der Waals surface area contributed by atoms with Crippen molar-refractivity contribution in [3.63, 3.8) is 0 Å². The SMILES string of the molecule is CC(F)(F)Oc1cc(C(=O)Nc2cc(C(F)(F)F)ccn2)ccc1-c1nc([C@@H]2CC[C@H]3CCC(=O)N3C2)n2c(Cl)cnc(N)c12. The maximum atomic E-state index is 14.3. The molecule has 2 saturated heterocycles. The Balaban J connectivity index is 1.42. The molecule has 0 radical (unpaired) electrons. The number of piperidine rings is 1. The second kappa shape index (κ2) is 11.1. The van der Waals surface area contributed by atoms with Gasteiger partial charge in [-0.15, -0.1) is 0 Å². The van der Waals surface area contributed by atoms with Crippen molar-refractivity contribution in [2.24, 2.45) is 0 Å². The number of nitrogens with two attached hydrogens (primary N) is 1. The number of hydrogen-bond acceptors (Lipinski definition) is 7. The number of aromatic nitrogens is 4. The quantitative estimate of drug-likeness (QED) is 0.240. The van der Waals surface area contributed by atoms with Crippen LogP contribution in [-0.4, -0.2) is 54.8 Å². The third kappa shape index (κ3) is 5.95. The minimum Gasteiger partial charge on any atom is -0.432 e. The molecular weight excluding hydrogens is 625 g/mol. The third-order valence-electron chi connectivity index (χ3n) is 7.87. The lowest BCUT2D eigenvalue weighted by Gasteiger charge is -2.34. The number of imidazole rings is 1. The predicted molar refractivity (Wildman–Crippen MR) is 153 cm³/mol. The molecular formula is C29H25ClF5N7O3. The molecule has 2 atom stereocenters. The molecule has 1 aromatic carbocycles. The first-order chi connectivity index (χ1) is 21.2. The number of fused-ring (bicyclic) bond motifs is 2. The summed E-state index contributed by atoms with van der Waals surface area (Å²) in [7, 11) is 0.